The van der Waals surface area contributed by atoms with Gasteiger partial charge in [0.15, 0.2) is 0 Å². The molecule has 0 bridgehead atoms. The van der Waals surface area contributed by atoms with E-state index in [1.54, 1.807) is 4.98 Å². The number of imidazole rings is 1. The van der Waals surface area contributed by atoms with E-state index in [2.05, 4.69) is 58.1 Å². The topological polar surface area (TPSA) is 70.9 Å². The Labute approximate surface area is 128 Å². The van der Waals surface area contributed by atoms with Crippen LogP contribution in [0.5, 0.6) is 0 Å². The molecule has 5 nitrogen and oxygen atoms in total. The number of halogens is 1. The van der Waals surface area contributed by atoms with Crippen LogP contribution in [-0.4, -0.2) is 35.1 Å². The number of aryl methyl sites for hydroxylation is 2. The quantitative estimate of drug-likeness (QED) is 0.930. The molecule has 0 saturated heterocycles. The smallest absolute Gasteiger partial charge is 0.200 e. The normalized spacial score (nSPS) is 10.2. The number of nitriles is 1. The molecule has 1 aromatic heterocycles. The van der Waals surface area contributed by atoms with Gasteiger partial charge in [-0.1, -0.05) is 6.07 Å². The summed E-state index contributed by atoms with van der Waals surface area (Å²) in [5.74, 6) is 0.574. The summed E-state index contributed by atoms with van der Waals surface area (Å²) >= 11 is 2.45. The van der Waals surface area contributed by atoms with Crippen LogP contribution in [0, 0.1) is 10.2 Å². The third-order valence-electron chi connectivity index (χ3n) is 3.05. The minimum Gasteiger partial charge on any atom is -0.369 e. The summed E-state index contributed by atoms with van der Waals surface area (Å²) in [6, 6.07) is 6.38. The van der Waals surface area contributed by atoms with Crippen LogP contribution < -0.4 is 5.73 Å². The van der Waals surface area contributed by atoms with E-state index >= 15 is 0 Å². The van der Waals surface area contributed by atoms with Crippen molar-refractivity contribution >= 4 is 32.9 Å². The molecule has 6 heteroatoms. The van der Waals surface area contributed by atoms with Gasteiger partial charge in [0.25, 0.3) is 0 Å². The van der Waals surface area contributed by atoms with Crippen LogP contribution in [0.3, 0.4) is 0 Å². The number of rotatable bonds is 4. The Morgan fingerprint density at radius 2 is 2.10 bits per heavy atom. The zero-order chi connectivity index (χ0) is 15.1. The Morgan fingerprint density at radius 1 is 1.45 bits per heavy atom. The Kier molecular flexibility index (Phi) is 6.49. The number of anilines is 1. The van der Waals surface area contributed by atoms with Crippen LogP contribution in [-0.2, 0) is 13.5 Å². The van der Waals surface area contributed by atoms with Crippen molar-refractivity contribution in [1.82, 2.24) is 14.5 Å². The maximum Gasteiger partial charge on any atom is 0.200 e. The van der Waals surface area contributed by atoms with Crippen molar-refractivity contribution < 1.29 is 0 Å². The fraction of sp³-hybridized carbons (Fsp3) is 0.429. The zero-order valence-corrected chi connectivity index (χ0v) is 13.7. The minimum atomic E-state index is 0.574. The summed E-state index contributed by atoms with van der Waals surface area (Å²) in [7, 11) is 6.16. The van der Waals surface area contributed by atoms with Gasteiger partial charge in [0.05, 0.1) is 11.0 Å². The maximum atomic E-state index is 7.24. The number of nitrogen functional groups attached to an aromatic ring is 1. The molecular weight excluding hydrogens is 318 g/mol. The monoisotopic (exact) mass is 337 g/mol. The number of aromatic nitrogens is 2. The summed E-state index contributed by atoms with van der Waals surface area (Å²) in [5.41, 5.74) is 9.23. The molecule has 0 aliphatic carbocycles. The van der Waals surface area contributed by atoms with E-state index in [4.69, 9.17) is 11.0 Å². The molecule has 2 N–H and O–H groups in total. The summed E-state index contributed by atoms with van der Waals surface area (Å²) < 4.78 is 1.94. The third kappa shape index (κ3) is 4.51. The number of benzene rings is 1. The summed E-state index contributed by atoms with van der Waals surface area (Å²) in [5, 5.41) is 7.24. The number of nitrogens with zero attached hydrogens (tertiary/aromatic N) is 4. The third-order valence-corrected chi connectivity index (χ3v) is 3.05. The molecule has 0 radical (unpaired) electrons. The van der Waals surface area contributed by atoms with Gasteiger partial charge in [-0.05, 0) is 51.2 Å². The number of hydrogen-bond donors (Lipinski definition) is 1. The molecule has 1 aromatic carbocycles. The second kappa shape index (κ2) is 7.88. The SMILES string of the molecule is CN(C)CCCc1ccc2nc(N)n(C)c2c1.N#CBr. The molecule has 0 atom stereocenters. The number of nitrogens with two attached hydrogens (primary N) is 1. The van der Waals surface area contributed by atoms with E-state index in [1.807, 2.05) is 11.6 Å². The van der Waals surface area contributed by atoms with Gasteiger partial charge in [-0.15, -0.1) is 0 Å². The second-order valence-electron chi connectivity index (χ2n) is 4.84. The van der Waals surface area contributed by atoms with Crippen molar-refractivity contribution in [3.8, 4) is 4.98 Å². The molecule has 108 valence electrons. The molecule has 0 spiro atoms. The summed E-state index contributed by atoms with van der Waals surface area (Å²) in [4.78, 5) is 8.07. The van der Waals surface area contributed by atoms with Crippen molar-refractivity contribution in [3.05, 3.63) is 23.8 Å². The predicted octanol–water partition coefficient (Wildman–Crippen LogP) is 2.51. The van der Waals surface area contributed by atoms with E-state index in [9.17, 15) is 0 Å². The molecule has 2 aromatic rings. The lowest BCUT2D eigenvalue weighted by Crippen LogP contribution is -2.13. The molecular formula is C14H20BrN5. The van der Waals surface area contributed by atoms with E-state index < -0.39 is 0 Å². The number of fused-ring (bicyclic) bond motifs is 1. The van der Waals surface area contributed by atoms with E-state index in [-0.39, 0.29) is 0 Å². The van der Waals surface area contributed by atoms with E-state index in [0.717, 1.165) is 24.0 Å². The number of hydrogen-bond acceptors (Lipinski definition) is 4. The molecule has 0 amide bonds. The van der Waals surface area contributed by atoms with Gasteiger partial charge in [0.1, 0.15) is 4.98 Å². The average Bonchev–Trinajstić information content (AvgIpc) is 2.66. The first-order valence-corrected chi connectivity index (χ1v) is 7.14. The van der Waals surface area contributed by atoms with Crippen LogP contribution in [0.4, 0.5) is 5.95 Å². The molecule has 2 rings (SSSR count). The standard InChI is InChI=1S/C13H20N4.CBrN/c1-16(2)8-4-5-10-6-7-11-12(9-10)17(3)13(14)15-11;2-1-3/h6-7,9H,4-5,8H2,1-3H3,(H2,14,15);. The Morgan fingerprint density at radius 3 is 2.70 bits per heavy atom. The maximum absolute atomic E-state index is 7.24. The average molecular weight is 338 g/mol. The highest BCUT2D eigenvalue weighted by molar-refractivity contribution is 9.12. The molecule has 20 heavy (non-hydrogen) atoms. The van der Waals surface area contributed by atoms with Gasteiger partial charge in [-0.25, -0.2) is 4.98 Å². The first-order valence-electron chi connectivity index (χ1n) is 6.35. The molecule has 0 unspecified atom stereocenters. The zero-order valence-electron chi connectivity index (χ0n) is 12.1. The largest absolute Gasteiger partial charge is 0.369 e. The molecule has 0 aliphatic heterocycles. The lowest BCUT2D eigenvalue weighted by molar-refractivity contribution is 0.400. The van der Waals surface area contributed by atoms with Crippen LogP contribution >= 0.6 is 15.9 Å². The fourth-order valence-corrected chi connectivity index (χ4v) is 2.01. The van der Waals surface area contributed by atoms with E-state index in [0.29, 0.717) is 5.95 Å². The van der Waals surface area contributed by atoms with Gasteiger partial charge >= 0.3 is 0 Å². The first-order chi connectivity index (χ1) is 9.49. The highest BCUT2D eigenvalue weighted by Gasteiger charge is 2.05. The van der Waals surface area contributed by atoms with Crippen molar-refractivity contribution in [2.75, 3.05) is 26.4 Å². The fourth-order valence-electron chi connectivity index (χ4n) is 2.01. The Balaban J connectivity index is 0.000000612. The summed E-state index contributed by atoms with van der Waals surface area (Å²) in [6.45, 7) is 1.12. The summed E-state index contributed by atoms with van der Waals surface area (Å²) in [6.07, 6.45) is 2.27. The van der Waals surface area contributed by atoms with Crippen molar-refractivity contribution in [2.45, 2.75) is 12.8 Å². The van der Waals surface area contributed by atoms with Crippen molar-refractivity contribution in [2.24, 2.45) is 7.05 Å². The van der Waals surface area contributed by atoms with Gasteiger partial charge < -0.3 is 15.2 Å². The Hall–Kier alpha value is -1.58. The van der Waals surface area contributed by atoms with Crippen LogP contribution in [0.1, 0.15) is 12.0 Å². The lowest BCUT2D eigenvalue weighted by Gasteiger charge is -2.09. The first kappa shape index (κ1) is 16.5. The molecule has 0 aliphatic rings. The predicted molar refractivity (Wildman–Crippen MR) is 86.5 cm³/mol. The van der Waals surface area contributed by atoms with Gasteiger partial charge in [0, 0.05) is 23.0 Å². The highest BCUT2D eigenvalue weighted by Crippen LogP contribution is 2.18. The van der Waals surface area contributed by atoms with Gasteiger partial charge in [-0.2, -0.15) is 5.26 Å². The van der Waals surface area contributed by atoms with Gasteiger partial charge in [-0.3, -0.25) is 0 Å². The van der Waals surface area contributed by atoms with Crippen LogP contribution in [0.2, 0.25) is 0 Å². The van der Waals surface area contributed by atoms with Crippen molar-refractivity contribution in [3.63, 3.8) is 0 Å². The van der Waals surface area contributed by atoms with Crippen molar-refractivity contribution in [1.29, 1.82) is 5.26 Å². The Bertz CT molecular complexity index is 597. The van der Waals surface area contributed by atoms with Gasteiger partial charge in [0.2, 0.25) is 5.95 Å². The lowest BCUT2D eigenvalue weighted by atomic mass is 10.1. The van der Waals surface area contributed by atoms with E-state index in [1.165, 1.54) is 12.0 Å². The molecule has 0 saturated carbocycles. The van der Waals surface area contributed by atoms with Crippen LogP contribution in [0.25, 0.3) is 11.0 Å². The van der Waals surface area contributed by atoms with Crippen LogP contribution in [0.15, 0.2) is 18.2 Å². The second-order valence-corrected chi connectivity index (χ2v) is 5.20. The molecule has 1 heterocycles. The highest BCUT2D eigenvalue weighted by atomic mass is 79.9. The molecule has 0 fully saturated rings. The minimum absolute atomic E-state index is 0.574.